The van der Waals surface area contributed by atoms with Gasteiger partial charge in [-0.2, -0.15) is 5.10 Å². The Balaban J connectivity index is 0.00000243. The Morgan fingerprint density at radius 2 is 2.19 bits per heavy atom. The van der Waals surface area contributed by atoms with Crippen LogP contribution in [0.1, 0.15) is 38.8 Å². The predicted molar refractivity (Wildman–Crippen MR) is 113 cm³/mol. The first kappa shape index (κ1) is 20.5. The van der Waals surface area contributed by atoms with Crippen LogP contribution < -0.4 is 15.4 Å². The first-order valence-electron chi connectivity index (χ1n) is 8.72. The summed E-state index contributed by atoms with van der Waals surface area (Å²) in [6.45, 7) is 8.44. The number of ether oxygens (including phenoxy) is 1. The van der Waals surface area contributed by atoms with E-state index in [4.69, 9.17) is 4.74 Å². The van der Waals surface area contributed by atoms with Crippen LogP contribution in [0, 0.1) is 0 Å². The summed E-state index contributed by atoms with van der Waals surface area (Å²) in [4.78, 5) is 8.62. The molecule has 1 aliphatic heterocycles. The zero-order valence-corrected chi connectivity index (χ0v) is 17.8. The predicted octanol–water partition coefficient (Wildman–Crippen LogP) is 2.75. The summed E-state index contributed by atoms with van der Waals surface area (Å²) in [7, 11) is 0. The molecule has 2 N–H and O–H groups in total. The monoisotopic (exact) mass is 470 g/mol. The topological polar surface area (TPSA) is 76.4 Å². The van der Waals surface area contributed by atoms with Gasteiger partial charge in [-0.3, -0.25) is 9.67 Å². The van der Waals surface area contributed by atoms with Gasteiger partial charge in [-0.25, -0.2) is 4.98 Å². The lowest BCUT2D eigenvalue weighted by Crippen LogP contribution is -2.45. The molecule has 0 saturated heterocycles. The van der Waals surface area contributed by atoms with Gasteiger partial charge in [0.25, 0.3) is 0 Å². The molecule has 8 heteroatoms. The van der Waals surface area contributed by atoms with E-state index < -0.39 is 0 Å². The van der Waals surface area contributed by atoms with Crippen LogP contribution in [0.25, 0.3) is 0 Å². The van der Waals surface area contributed by atoms with Crippen molar-refractivity contribution in [2.24, 2.45) is 4.99 Å². The Kier molecular flexibility index (Phi) is 7.24. The lowest BCUT2D eigenvalue weighted by molar-refractivity contribution is 0.0694. The van der Waals surface area contributed by atoms with Crippen molar-refractivity contribution in [3.05, 3.63) is 42.5 Å². The summed E-state index contributed by atoms with van der Waals surface area (Å²) in [6.07, 6.45) is 4.11. The zero-order chi connectivity index (χ0) is 17.7. The second kappa shape index (κ2) is 9.20. The SMILES string of the molecule is CCNC(=NCCn1cncn1)NC1CC(C)(C)Oc2ccccc21.I. The number of hydrogen-bond donors (Lipinski definition) is 2. The molecule has 1 aromatic carbocycles. The maximum absolute atomic E-state index is 6.10. The lowest BCUT2D eigenvalue weighted by Gasteiger charge is -2.38. The van der Waals surface area contributed by atoms with Crippen molar-refractivity contribution in [2.75, 3.05) is 13.1 Å². The van der Waals surface area contributed by atoms with Crippen LogP contribution in [-0.4, -0.2) is 39.4 Å². The Morgan fingerprint density at radius 3 is 2.92 bits per heavy atom. The third-order valence-corrected chi connectivity index (χ3v) is 4.10. The maximum atomic E-state index is 6.10. The molecule has 2 heterocycles. The molecule has 0 spiro atoms. The van der Waals surface area contributed by atoms with Crippen molar-refractivity contribution in [3.63, 3.8) is 0 Å². The van der Waals surface area contributed by atoms with Gasteiger partial charge in [0.2, 0.25) is 0 Å². The summed E-state index contributed by atoms with van der Waals surface area (Å²) in [5.41, 5.74) is 0.952. The number of para-hydroxylation sites is 1. The fraction of sp³-hybridized carbons (Fsp3) is 0.500. The Hall–Kier alpha value is -1.84. The fourth-order valence-corrected chi connectivity index (χ4v) is 3.03. The highest BCUT2D eigenvalue weighted by atomic mass is 127. The number of aliphatic imine (C=N–C) groups is 1. The van der Waals surface area contributed by atoms with Gasteiger partial charge >= 0.3 is 0 Å². The van der Waals surface area contributed by atoms with E-state index in [9.17, 15) is 0 Å². The van der Waals surface area contributed by atoms with Gasteiger partial charge in [-0.05, 0) is 26.8 Å². The lowest BCUT2D eigenvalue weighted by atomic mass is 9.90. The Labute approximate surface area is 171 Å². The summed E-state index contributed by atoms with van der Waals surface area (Å²) in [6, 6.07) is 8.35. The molecular weight excluding hydrogens is 443 g/mol. The van der Waals surface area contributed by atoms with Crippen molar-refractivity contribution in [2.45, 2.75) is 45.4 Å². The van der Waals surface area contributed by atoms with Crippen molar-refractivity contribution < 1.29 is 4.74 Å². The number of nitrogens with zero attached hydrogens (tertiary/aromatic N) is 4. The number of fused-ring (bicyclic) bond motifs is 1. The molecular formula is C18H27IN6O. The molecule has 2 aromatic rings. The van der Waals surface area contributed by atoms with E-state index in [-0.39, 0.29) is 35.6 Å². The van der Waals surface area contributed by atoms with E-state index in [1.807, 2.05) is 18.2 Å². The van der Waals surface area contributed by atoms with Crippen LogP contribution in [0.2, 0.25) is 0 Å². The number of hydrogen-bond acceptors (Lipinski definition) is 4. The van der Waals surface area contributed by atoms with Crippen molar-refractivity contribution in [1.29, 1.82) is 0 Å². The quantitative estimate of drug-likeness (QED) is 0.400. The molecule has 0 bridgehead atoms. The molecule has 142 valence electrons. The number of aromatic nitrogens is 3. The first-order chi connectivity index (χ1) is 12.1. The molecule has 0 saturated carbocycles. The van der Waals surface area contributed by atoms with Crippen LogP contribution in [0.5, 0.6) is 5.75 Å². The van der Waals surface area contributed by atoms with Crippen molar-refractivity contribution in [3.8, 4) is 5.75 Å². The highest BCUT2D eigenvalue weighted by Crippen LogP contribution is 2.39. The number of rotatable bonds is 5. The minimum Gasteiger partial charge on any atom is -0.487 e. The van der Waals surface area contributed by atoms with Crippen LogP contribution in [0.15, 0.2) is 41.9 Å². The average molecular weight is 470 g/mol. The van der Waals surface area contributed by atoms with Gasteiger partial charge in [-0.15, -0.1) is 24.0 Å². The van der Waals surface area contributed by atoms with Crippen LogP contribution in [0.3, 0.4) is 0 Å². The minimum absolute atomic E-state index is 0. The van der Waals surface area contributed by atoms with Gasteiger partial charge in [-0.1, -0.05) is 18.2 Å². The average Bonchev–Trinajstić information content (AvgIpc) is 3.07. The van der Waals surface area contributed by atoms with Gasteiger partial charge in [0, 0.05) is 18.5 Å². The highest BCUT2D eigenvalue weighted by Gasteiger charge is 2.33. The number of halogens is 1. The number of benzene rings is 1. The van der Waals surface area contributed by atoms with Crippen LogP contribution >= 0.6 is 24.0 Å². The smallest absolute Gasteiger partial charge is 0.191 e. The Bertz CT molecular complexity index is 716. The second-order valence-corrected chi connectivity index (χ2v) is 6.72. The molecule has 7 nitrogen and oxygen atoms in total. The van der Waals surface area contributed by atoms with Crippen molar-refractivity contribution in [1.82, 2.24) is 25.4 Å². The van der Waals surface area contributed by atoms with Crippen molar-refractivity contribution >= 4 is 29.9 Å². The molecule has 0 fully saturated rings. The molecule has 1 atom stereocenters. The Morgan fingerprint density at radius 1 is 1.38 bits per heavy atom. The van der Waals surface area contributed by atoms with E-state index in [0.29, 0.717) is 13.1 Å². The van der Waals surface area contributed by atoms with E-state index in [1.165, 1.54) is 11.9 Å². The standard InChI is InChI=1S/C18H26N6O.HI/c1-4-20-17(21-9-10-24-13-19-12-22-24)23-15-11-18(2,3)25-16-8-6-5-7-14(15)16;/h5-8,12-13,15H,4,9-11H2,1-3H3,(H2,20,21,23);1H. The molecule has 0 aliphatic carbocycles. The third-order valence-electron chi connectivity index (χ3n) is 4.10. The molecule has 1 unspecified atom stereocenters. The largest absolute Gasteiger partial charge is 0.487 e. The van der Waals surface area contributed by atoms with E-state index in [2.05, 4.69) is 52.5 Å². The second-order valence-electron chi connectivity index (χ2n) is 6.72. The fourth-order valence-electron chi connectivity index (χ4n) is 3.03. The normalized spacial score (nSPS) is 18.3. The van der Waals surface area contributed by atoms with E-state index in [1.54, 1.807) is 11.0 Å². The molecule has 26 heavy (non-hydrogen) atoms. The molecule has 3 rings (SSSR count). The van der Waals surface area contributed by atoms with E-state index in [0.717, 1.165) is 24.7 Å². The number of guanidine groups is 1. The first-order valence-corrected chi connectivity index (χ1v) is 8.72. The maximum Gasteiger partial charge on any atom is 0.191 e. The highest BCUT2D eigenvalue weighted by molar-refractivity contribution is 14.0. The van der Waals surface area contributed by atoms with Gasteiger partial charge in [0.05, 0.1) is 19.1 Å². The molecule has 0 radical (unpaired) electrons. The minimum atomic E-state index is -0.218. The third kappa shape index (κ3) is 5.33. The van der Waals surface area contributed by atoms with Gasteiger partial charge in [0.1, 0.15) is 24.0 Å². The van der Waals surface area contributed by atoms with Gasteiger partial charge < -0.3 is 15.4 Å². The summed E-state index contributed by atoms with van der Waals surface area (Å²) in [5, 5.41) is 11.0. The summed E-state index contributed by atoms with van der Waals surface area (Å²) >= 11 is 0. The molecule has 0 amide bonds. The van der Waals surface area contributed by atoms with Crippen LogP contribution in [0.4, 0.5) is 0 Å². The number of nitrogens with one attached hydrogen (secondary N) is 2. The summed E-state index contributed by atoms with van der Waals surface area (Å²) < 4.78 is 7.88. The zero-order valence-electron chi connectivity index (χ0n) is 15.5. The molecule has 1 aliphatic rings. The molecule has 1 aromatic heterocycles. The van der Waals surface area contributed by atoms with Gasteiger partial charge in [0.15, 0.2) is 5.96 Å². The van der Waals surface area contributed by atoms with Crippen LogP contribution in [-0.2, 0) is 6.54 Å². The van der Waals surface area contributed by atoms with E-state index >= 15 is 0 Å². The summed E-state index contributed by atoms with van der Waals surface area (Å²) in [5.74, 6) is 1.75.